The van der Waals surface area contributed by atoms with Crippen LogP contribution in [0.2, 0.25) is 0 Å². The largest absolute Gasteiger partial charge is 0.469 e. The molecule has 0 amide bonds. The van der Waals surface area contributed by atoms with Gasteiger partial charge in [-0.15, -0.1) is 0 Å². The van der Waals surface area contributed by atoms with E-state index in [1.54, 1.807) is 0 Å². The van der Waals surface area contributed by atoms with Crippen molar-refractivity contribution in [2.75, 3.05) is 13.7 Å². The summed E-state index contributed by atoms with van der Waals surface area (Å²) < 4.78 is 4.77. The van der Waals surface area contributed by atoms with Crippen LogP contribution in [0.3, 0.4) is 0 Å². The van der Waals surface area contributed by atoms with Crippen molar-refractivity contribution in [3.63, 3.8) is 0 Å². The quantitative estimate of drug-likeness (QED) is 0.657. The highest BCUT2D eigenvalue weighted by Crippen LogP contribution is 2.60. The van der Waals surface area contributed by atoms with E-state index in [2.05, 4.69) is 20.8 Å². The smallest absolute Gasteiger partial charge is 0.313 e. The van der Waals surface area contributed by atoms with Gasteiger partial charge in [-0.05, 0) is 17.8 Å². The van der Waals surface area contributed by atoms with Crippen LogP contribution in [-0.4, -0.2) is 19.6 Å². The van der Waals surface area contributed by atoms with E-state index in [1.165, 1.54) is 7.11 Å². The lowest BCUT2D eigenvalue weighted by Crippen LogP contribution is -2.31. The first-order valence-corrected chi connectivity index (χ1v) is 4.67. The third-order valence-corrected chi connectivity index (χ3v) is 3.08. The number of methoxy groups -OCH3 is 1. The number of carbonyl (C=O) groups excluding carboxylic acids is 1. The average molecular weight is 185 g/mol. The molecule has 1 fully saturated rings. The van der Waals surface area contributed by atoms with Gasteiger partial charge in [-0.3, -0.25) is 4.79 Å². The van der Waals surface area contributed by atoms with Crippen LogP contribution in [0, 0.1) is 16.7 Å². The minimum atomic E-state index is -0.382. The zero-order valence-corrected chi connectivity index (χ0v) is 8.89. The first-order chi connectivity index (χ1) is 5.88. The number of nitrogens with two attached hydrogens (primary N) is 1. The fourth-order valence-corrected chi connectivity index (χ4v) is 2.18. The van der Waals surface area contributed by atoms with E-state index in [4.69, 9.17) is 10.5 Å². The predicted octanol–water partition coefficient (Wildman–Crippen LogP) is 1.17. The monoisotopic (exact) mass is 185 g/mol. The Kier molecular flexibility index (Phi) is 2.41. The van der Waals surface area contributed by atoms with Gasteiger partial charge in [-0.2, -0.15) is 0 Å². The van der Waals surface area contributed by atoms with Gasteiger partial charge in [0.2, 0.25) is 0 Å². The van der Waals surface area contributed by atoms with E-state index in [0.29, 0.717) is 12.5 Å². The Morgan fingerprint density at radius 2 is 2.15 bits per heavy atom. The van der Waals surface area contributed by atoms with Gasteiger partial charge in [-0.25, -0.2) is 0 Å². The lowest BCUT2D eigenvalue weighted by Gasteiger charge is -2.22. The fourth-order valence-electron chi connectivity index (χ4n) is 2.18. The van der Waals surface area contributed by atoms with Crippen LogP contribution in [-0.2, 0) is 9.53 Å². The fraction of sp³-hybridized carbons (Fsp3) is 0.900. The highest BCUT2D eigenvalue weighted by Gasteiger charge is 2.63. The van der Waals surface area contributed by atoms with Crippen LogP contribution in [0.4, 0.5) is 0 Å². The molecule has 1 aliphatic rings. The molecule has 76 valence electrons. The van der Waals surface area contributed by atoms with Crippen LogP contribution in [0.15, 0.2) is 0 Å². The molecule has 13 heavy (non-hydrogen) atoms. The molecule has 3 heteroatoms. The van der Waals surface area contributed by atoms with Crippen molar-refractivity contribution in [2.24, 2.45) is 22.5 Å². The standard InChI is InChI=1S/C10H19NO2/c1-9(2,3)7-5-10(7,6-11)8(12)13-4/h7H,5-6,11H2,1-4H3/t7-,10-/m0/s1. The zero-order chi connectivity index (χ0) is 10.3. The second kappa shape index (κ2) is 2.98. The van der Waals surface area contributed by atoms with Crippen molar-refractivity contribution < 1.29 is 9.53 Å². The molecule has 0 aromatic rings. The SMILES string of the molecule is COC(=O)[C@]1(CN)C[C@H]1C(C)(C)C. The van der Waals surface area contributed by atoms with Gasteiger partial charge >= 0.3 is 5.97 Å². The van der Waals surface area contributed by atoms with Gasteiger partial charge in [0, 0.05) is 6.54 Å². The molecule has 1 saturated carbocycles. The van der Waals surface area contributed by atoms with Crippen molar-refractivity contribution >= 4 is 5.97 Å². The molecule has 0 radical (unpaired) electrons. The summed E-state index contributed by atoms with van der Waals surface area (Å²) in [6, 6.07) is 0. The molecule has 1 aliphatic carbocycles. The number of esters is 1. The molecule has 0 aromatic carbocycles. The van der Waals surface area contributed by atoms with Crippen LogP contribution in [0.1, 0.15) is 27.2 Å². The number of rotatable bonds is 2. The maximum atomic E-state index is 11.5. The Bertz CT molecular complexity index is 219. The van der Waals surface area contributed by atoms with Gasteiger partial charge in [-0.1, -0.05) is 20.8 Å². The Morgan fingerprint density at radius 1 is 1.62 bits per heavy atom. The molecule has 0 aliphatic heterocycles. The summed E-state index contributed by atoms with van der Waals surface area (Å²) in [5.74, 6) is 0.229. The summed E-state index contributed by atoms with van der Waals surface area (Å²) in [7, 11) is 1.43. The molecule has 3 nitrogen and oxygen atoms in total. The zero-order valence-electron chi connectivity index (χ0n) is 8.89. The first-order valence-electron chi connectivity index (χ1n) is 4.67. The third kappa shape index (κ3) is 1.57. The predicted molar refractivity (Wildman–Crippen MR) is 51.1 cm³/mol. The maximum absolute atomic E-state index is 11.5. The molecule has 1 rings (SSSR count). The lowest BCUT2D eigenvalue weighted by molar-refractivity contribution is -0.147. The molecule has 0 saturated heterocycles. The van der Waals surface area contributed by atoms with E-state index in [1.807, 2.05) is 0 Å². The summed E-state index contributed by atoms with van der Waals surface area (Å²) in [5, 5.41) is 0. The number of ether oxygens (including phenoxy) is 1. The van der Waals surface area contributed by atoms with Gasteiger partial charge in [0.25, 0.3) is 0 Å². The Labute approximate surface area is 79.6 Å². The van der Waals surface area contributed by atoms with E-state index >= 15 is 0 Å². The molecule has 0 aromatic heterocycles. The van der Waals surface area contributed by atoms with E-state index < -0.39 is 0 Å². The van der Waals surface area contributed by atoms with Crippen molar-refractivity contribution in [1.82, 2.24) is 0 Å². The van der Waals surface area contributed by atoms with Crippen LogP contribution in [0.5, 0.6) is 0 Å². The second-order valence-electron chi connectivity index (χ2n) is 4.97. The lowest BCUT2D eigenvalue weighted by atomic mass is 9.84. The van der Waals surface area contributed by atoms with Crippen molar-refractivity contribution in [3.05, 3.63) is 0 Å². The minimum absolute atomic E-state index is 0.144. The summed E-state index contributed by atoms with van der Waals surface area (Å²) in [5.41, 5.74) is 5.40. The Balaban J connectivity index is 2.75. The molecule has 2 atom stereocenters. The van der Waals surface area contributed by atoms with Crippen LogP contribution < -0.4 is 5.73 Å². The van der Waals surface area contributed by atoms with Crippen molar-refractivity contribution in [1.29, 1.82) is 0 Å². The van der Waals surface area contributed by atoms with Crippen LogP contribution in [0.25, 0.3) is 0 Å². The maximum Gasteiger partial charge on any atom is 0.313 e. The summed E-state index contributed by atoms with van der Waals surface area (Å²) in [6.07, 6.45) is 0.875. The number of carbonyl (C=O) groups is 1. The van der Waals surface area contributed by atoms with E-state index in [-0.39, 0.29) is 16.8 Å². The molecular weight excluding hydrogens is 166 g/mol. The second-order valence-corrected chi connectivity index (χ2v) is 4.97. The van der Waals surface area contributed by atoms with Gasteiger partial charge < -0.3 is 10.5 Å². The highest BCUT2D eigenvalue weighted by molar-refractivity contribution is 5.81. The molecule has 0 heterocycles. The van der Waals surface area contributed by atoms with Crippen molar-refractivity contribution in [3.8, 4) is 0 Å². The van der Waals surface area contributed by atoms with E-state index in [0.717, 1.165) is 6.42 Å². The Morgan fingerprint density at radius 3 is 2.38 bits per heavy atom. The minimum Gasteiger partial charge on any atom is -0.469 e. The Hall–Kier alpha value is -0.570. The molecule has 0 unspecified atom stereocenters. The third-order valence-electron chi connectivity index (χ3n) is 3.08. The van der Waals surface area contributed by atoms with E-state index in [9.17, 15) is 4.79 Å². The first kappa shape index (κ1) is 10.5. The van der Waals surface area contributed by atoms with Gasteiger partial charge in [0.1, 0.15) is 0 Å². The van der Waals surface area contributed by atoms with Gasteiger partial charge in [0.15, 0.2) is 0 Å². The van der Waals surface area contributed by atoms with Gasteiger partial charge in [0.05, 0.1) is 12.5 Å². The normalized spacial score (nSPS) is 32.8. The summed E-state index contributed by atoms with van der Waals surface area (Å²) >= 11 is 0. The van der Waals surface area contributed by atoms with Crippen molar-refractivity contribution in [2.45, 2.75) is 27.2 Å². The molecule has 2 N–H and O–H groups in total. The summed E-state index contributed by atoms with van der Waals surface area (Å²) in [6.45, 7) is 6.82. The van der Waals surface area contributed by atoms with Crippen LogP contribution >= 0.6 is 0 Å². The number of hydrogen-bond donors (Lipinski definition) is 1. The average Bonchev–Trinajstić information content (AvgIpc) is 2.78. The molecule has 0 spiro atoms. The molecular formula is C10H19NO2. The molecule has 0 bridgehead atoms. The highest BCUT2D eigenvalue weighted by atomic mass is 16.5. The topological polar surface area (TPSA) is 52.3 Å². The summed E-state index contributed by atoms with van der Waals surface area (Å²) in [4.78, 5) is 11.5. The number of hydrogen-bond acceptors (Lipinski definition) is 3.